The molecule has 4 rings (SSSR count). The van der Waals surface area contributed by atoms with E-state index in [4.69, 9.17) is 13.9 Å². The van der Waals surface area contributed by atoms with Gasteiger partial charge in [-0.3, -0.25) is 4.18 Å². The van der Waals surface area contributed by atoms with Crippen molar-refractivity contribution in [1.29, 1.82) is 0 Å². The van der Waals surface area contributed by atoms with Crippen LogP contribution in [0.25, 0.3) is 21.7 Å². The van der Waals surface area contributed by atoms with E-state index in [2.05, 4.69) is 0 Å². The van der Waals surface area contributed by atoms with Crippen molar-refractivity contribution in [3.63, 3.8) is 0 Å². The minimum absolute atomic E-state index is 0.0112. The van der Waals surface area contributed by atoms with Gasteiger partial charge in [0.05, 0.1) is 24.1 Å². The predicted molar refractivity (Wildman–Crippen MR) is 114 cm³/mol. The molecule has 0 N–H and O–H groups in total. The summed E-state index contributed by atoms with van der Waals surface area (Å²) >= 11 is 0. The summed E-state index contributed by atoms with van der Waals surface area (Å²) in [5.41, 5.74) is 2.58. The van der Waals surface area contributed by atoms with Gasteiger partial charge in [-0.25, -0.2) is 4.98 Å². The highest BCUT2D eigenvalue weighted by Crippen LogP contribution is 2.27. The Bertz CT molecular complexity index is 1280. The van der Waals surface area contributed by atoms with E-state index >= 15 is 0 Å². The van der Waals surface area contributed by atoms with Gasteiger partial charge in [0.15, 0.2) is 0 Å². The summed E-state index contributed by atoms with van der Waals surface area (Å²) in [6.07, 6.45) is 0.830. The van der Waals surface area contributed by atoms with Crippen LogP contribution >= 0.6 is 0 Å². The Morgan fingerprint density at radius 2 is 1.66 bits per heavy atom. The Hall–Kier alpha value is -2.96. The van der Waals surface area contributed by atoms with E-state index in [1.165, 1.54) is 0 Å². The van der Waals surface area contributed by atoms with Gasteiger partial charge in [0.2, 0.25) is 0 Å². The molecule has 0 saturated heterocycles. The van der Waals surface area contributed by atoms with E-state index in [0.29, 0.717) is 0 Å². The van der Waals surface area contributed by atoms with Gasteiger partial charge in [-0.15, -0.1) is 0 Å². The largest absolute Gasteiger partial charge is 0.484 e. The monoisotopic (exact) mass is 407 g/mol. The quantitative estimate of drug-likeness (QED) is 0.421. The zero-order valence-corrected chi connectivity index (χ0v) is 17.0. The second-order valence-electron chi connectivity index (χ2n) is 7.00. The summed E-state index contributed by atoms with van der Waals surface area (Å²) in [5, 5.41) is 3.09. The van der Waals surface area contributed by atoms with Crippen LogP contribution in [0.2, 0.25) is 0 Å². The third-order valence-electron chi connectivity index (χ3n) is 4.67. The molecule has 0 aliphatic rings. The molecule has 0 radical (unpaired) electrons. The summed E-state index contributed by atoms with van der Waals surface area (Å²) < 4.78 is 33.4. The van der Waals surface area contributed by atoms with Crippen LogP contribution in [-0.2, 0) is 20.9 Å². The van der Waals surface area contributed by atoms with Crippen molar-refractivity contribution >= 4 is 31.8 Å². The van der Waals surface area contributed by atoms with Crippen molar-refractivity contribution in [2.24, 2.45) is 0 Å². The van der Waals surface area contributed by atoms with Crippen molar-refractivity contribution in [3.05, 3.63) is 84.1 Å². The maximum absolute atomic E-state index is 11.2. The molecule has 0 bridgehead atoms. The van der Waals surface area contributed by atoms with Crippen molar-refractivity contribution in [3.8, 4) is 5.75 Å². The van der Waals surface area contributed by atoms with E-state index in [-0.39, 0.29) is 12.7 Å². The first-order valence-electron chi connectivity index (χ1n) is 9.27. The molecular weight excluding hydrogens is 386 g/mol. The highest BCUT2D eigenvalue weighted by atomic mass is 32.2. The standard InChI is InChI=1S/C23H21NO4S/c1-16(22-12-10-19-5-3-4-6-23(19)24-22)28-21-11-9-18-8-7-17(13-20(18)14-21)15-27-29(2,25)26/h3-14,16H,15H2,1-2H3. The molecule has 0 spiro atoms. The molecule has 5 nitrogen and oxygen atoms in total. The van der Waals surface area contributed by atoms with Crippen LogP contribution in [0, 0.1) is 0 Å². The average Bonchev–Trinajstić information content (AvgIpc) is 2.71. The van der Waals surface area contributed by atoms with E-state index in [1.54, 1.807) is 0 Å². The van der Waals surface area contributed by atoms with Crippen LogP contribution in [-0.4, -0.2) is 19.7 Å². The maximum Gasteiger partial charge on any atom is 0.264 e. The fraction of sp³-hybridized carbons (Fsp3) is 0.174. The molecule has 0 saturated carbocycles. The molecule has 6 heteroatoms. The lowest BCUT2D eigenvalue weighted by Crippen LogP contribution is -2.05. The number of rotatable bonds is 6. The van der Waals surface area contributed by atoms with E-state index < -0.39 is 10.1 Å². The number of pyridine rings is 1. The molecule has 0 aliphatic carbocycles. The highest BCUT2D eigenvalue weighted by Gasteiger charge is 2.11. The van der Waals surface area contributed by atoms with E-state index in [0.717, 1.165) is 44.9 Å². The molecule has 1 aromatic heterocycles. The van der Waals surface area contributed by atoms with Crippen LogP contribution in [0.5, 0.6) is 5.75 Å². The van der Waals surface area contributed by atoms with Crippen LogP contribution < -0.4 is 4.74 Å². The number of benzene rings is 3. The first-order chi connectivity index (χ1) is 13.9. The molecule has 148 valence electrons. The number of nitrogens with zero attached hydrogens (tertiary/aromatic N) is 1. The van der Waals surface area contributed by atoms with Crippen LogP contribution in [0.4, 0.5) is 0 Å². The van der Waals surface area contributed by atoms with Crippen LogP contribution in [0.1, 0.15) is 24.3 Å². The minimum Gasteiger partial charge on any atom is -0.484 e. The van der Waals surface area contributed by atoms with Gasteiger partial charge in [0, 0.05) is 5.39 Å². The van der Waals surface area contributed by atoms with Gasteiger partial charge in [0.25, 0.3) is 10.1 Å². The van der Waals surface area contributed by atoms with E-state index in [1.807, 2.05) is 79.7 Å². The smallest absolute Gasteiger partial charge is 0.264 e. The molecule has 4 aromatic rings. The second kappa shape index (κ2) is 7.81. The lowest BCUT2D eigenvalue weighted by atomic mass is 10.1. The topological polar surface area (TPSA) is 65.5 Å². The van der Waals surface area contributed by atoms with Crippen LogP contribution in [0.15, 0.2) is 72.8 Å². The average molecular weight is 407 g/mol. The molecule has 1 atom stereocenters. The molecule has 0 fully saturated rings. The van der Waals surface area contributed by atoms with Gasteiger partial charge in [0.1, 0.15) is 11.9 Å². The Kier molecular flexibility index (Phi) is 5.22. The van der Waals surface area contributed by atoms with E-state index in [9.17, 15) is 8.42 Å². The number of aromatic nitrogens is 1. The lowest BCUT2D eigenvalue weighted by molar-refractivity contribution is 0.222. The Balaban J connectivity index is 1.56. The summed E-state index contributed by atoms with van der Waals surface area (Å²) in [6, 6.07) is 23.6. The predicted octanol–water partition coefficient (Wildman–Crippen LogP) is 5.00. The summed E-state index contributed by atoms with van der Waals surface area (Å²) in [7, 11) is -3.48. The number of fused-ring (bicyclic) bond motifs is 2. The first kappa shape index (κ1) is 19.4. The van der Waals surface area contributed by atoms with Gasteiger partial charge in [-0.05, 0) is 53.6 Å². The van der Waals surface area contributed by atoms with Crippen molar-refractivity contribution in [1.82, 2.24) is 4.98 Å². The zero-order valence-electron chi connectivity index (χ0n) is 16.2. The van der Waals surface area contributed by atoms with Crippen molar-refractivity contribution in [2.75, 3.05) is 6.26 Å². The number of hydrogen-bond acceptors (Lipinski definition) is 5. The molecule has 3 aromatic carbocycles. The maximum atomic E-state index is 11.2. The summed E-state index contributed by atoms with van der Waals surface area (Å²) in [5.74, 6) is 0.723. The second-order valence-corrected chi connectivity index (χ2v) is 8.64. The van der Waals surface area contributed by atoms with Crippen molar-refractivity contribution < 1.29 is 17.3 Å². The Labute approximate surface area is 170 Å². The highest BCUT2D eigenvalue weighted by molar-refractivity contribution is 7.85. The first-order valence-corrected chi connectivity index (χ1v) is 11.1. The molecule has 0 aliphatic heterocycles. The molecule has 1 unspecified atom stereocenters. The molecule has 1 heterocycles. The van der Waals surface area contributed by atoms with Crippen molar-refractivity contribution in [2.45, 2.75) is 19.6 Å². The Morgan fingerprint density at radius 1 is 0.897 bits per heavy atom. The SMILES string of the molecule is CC(Oc1ccc2ccc(COS(C)(=O)=O)cc2c1)c1ccc2ccccc2n1. The van der Waals surface area contributed by atoms with Gasteiger partial charge < -0.3 is 4.74 Å². The molecule has 0 amide bonds. The third kappa shape index (κ3) is 4.72. The number of hydrogen-bond donors (Lipinski definition) is 0. The summed E-state index contributed by atoms with van der Waals surface area (Å²) in [4.78, 5) is 4.70. The number of para-hydroxylation sites is 1. The summed E-state index contributed by atoms with van der Waals surface area (Å²) in [6.45, 7) is 1.98. The van der Waals surface area contributed by atoms with Gasteiger partial charge in [-0.1, -0.05) is 42.5 Å². The van der Waals surface area contributed by atoms with Gasteiger partial charge in [-0.2, -0.15) is 8.42 Å². The number of ether oxygens (including phenoxy) is 1. The molecule has 29 heavy (non-hydrogen) atoms. The molecular formula is C23H21NO4S. The zero-order chi connectivity index (χ0) is 20.4. The van der Waals surface area contributed by atoms with Crippen LogP contribution in [0.3, 0.4) is 0 Å². The normalized spacial score (nSPS) is 12.9. The fourth-order valence-electron chi connectivity index (χ4n) is 3.19. The fourth-order valence-corrected chi connectivity index (χ4v) is 3.54. The third-order valence-corrected chi connectivity index (χ3v) is 5.21. The minimum atomic E-state index is -3.48. The lowest BCUT2D eigenvalue weighted by Gasteiger charge is -2.15. The Morgan fingerprint density at radius 3 is 2.48 bits per heavy atom. The van der Waals surface area contributed by atoms with Gasteiger partial charge >= 0.3 is 0 Å².